The Hall–Kier alpha value is -1.97. The third-order valence-electron chi connectivity index (χ3n) is 4.92. The minimum atomic E-state index is 0.193. The van der Waals surface area contributed by atoms with Gasteiger partial charge in [-0.15, -0.1) is 0 Å². The number of benzene rings is 2. The van der Waals surface area contributed by atoms with Crippen molar-refractivity contribution in [2.24, 2.45) is 0 Å². The molecule has 124 valence electrons. The second kappa shape index (κ2) is 6.50. The molecule has 3 nitrogen and oxygen atoms in total. The lowest BCUT2D eigenvalue weighted by atomic mass is 9.99. The van der Waals surface area contributed by atoms with Gasteiger partial charge in [0, 0.05) is 17.8 Å². The number of hydrogen-bond acceptors (Lipinski definition) is 2. The molecule has 4 heteroatoms. The molecule has 1 aliphatic rings. The number of fused-ring (bicyclic) bond motifs is 2. The van der Waals surface area contributed by atoms with Gasteiger partial charge in [0.2, 0.25) is 0 Å². The lowest BCUT2D eigenvalue weighted by Gasteiger charge is -2.21. The first-order valence-corrected chi connectivity index (χ1v) is 8.95. The Morgan fingerprint density at radius 3 is 2.88 bits per heavy atom. The highest BCUT2D eigenvalue weighted by molar-refractivity contribution is 6.33. The van der Waals surface area contributed by atoms with Crippen LogP contribution in [0.3, 0.4) is 0 Å². The van der Waals surface area contributed by atoms with Gasteiger partial charge in [-0.3, -0.25) is 0 Å². The fourth-order valence-electron chi connectivity index (χ4n) is 3.53. The Kier molecular flexibility index (Phi) is 4.21. The molecule has 24 heavy (non-hydrogen) atoms. The lowest BCUT2D eigenvalue weighted by Crippen LogP contribution is -2.16. The second-order valence-electron chi connectivity index (χ2n) is 6.50. The number of hydrogen-bond donors (Lipinski definition) is 3. The van der Waals surface area contributed by atoms with Crippen LogP contribution in [0.5, 0.6) is 0 Å². The summed E-state index contributed by atoms with van der Waals surface area (Å²) in [6.07, 6.45) is 4.05. The Morgan fingerprint density at radius 2 is 1.96 bits per heavy atom. The van der Waals surface area contributed by atoms with E-state index in [0.29, 0.717) is 0 Å². The summed E-state index contributed by atoms with van der Waals surface area (Å²) in [7, 11) is 0. The summed E-state index contributed by atoms with van der Waals surface area (Å²) in [6, 6.07) is 13.0. The maximum Gasteiger partial charge on any atom is 0.0640 e. The van der Waals surface area contributed by atoms with Crippen LogP contribution >= 0.6 is 11.6 Å². The Morgan fingerprint density at radius 1 is 1.08 bits per heavy atom. The van der Waals surface area contributed by atoms with Crippen molar-refractivity contribution in [1.29, 1.82) is 0 Å². The summed E-state index contributed by atoms with van der Waals surface area (Å²) < 4.78 is 0. The zero-order chi connectivity index (χ0) is 16.5. The van der Waals surface area contributed by atoms with Crippen molar-refractivity contribution >= 4 is 28.2 Å². The summed E-state index contributed by atoms with van der Waals surface area (Å²) in [6.45, 7) is 4.23. The molecule has 2 heterocycles. The fraction of sp³-hybridized carbons (Fsp3) is 0.300. The smallest absolute Gasteiger partial charge is 0.0640 e. The zero-order valence-corrected chi connectivity index (χ0v) is 14.6. The third-order valence-corrected chi connectivity index (χ3v) is 5.24. The number of aromatic nitrogens is 1. The fourth-order valence-corrected chi connectivity index (χ4v) is 3.77. The molecule has 0 fully saturated rings. The number of rotatable bonds is 3. The van der Waals surface area contributed by atoms with Crippen LogP contribution in [0.4, 0.5) is 5.69 Å². The number of nitrogens with one attached hydrogen (secondary N) is 3. The van der Waals surface area contributed by atoms with E-state index in [0.717, 1.165) is 36.6 Å². The monoisotopic (exact) mass is 339 g/mol. The Balaban J connectivity index is 1.66. The van der Waals surface area contributed by atoms with E-state index >= 15 is 0 Å². The van der Waals surface area contributed by atoms with E-state index < -0.39 is 0 Å². The third kappa shape index (κ3) is 2.90. The summed E-state index contributed by atoms with van der Waals surface area (Å²) in [5.41, 5.74) is 6.28. The van der Waals surface area contributed by atoms with Crippen LogP contribution in [0.2, 0.25) is 5.02 Å². The van der Waals surface area contributed by atoms with Crippen LogP contribution in [-0.4, -0.2) is 18.1 Å². The molecule has 0 amide bonds. The molecule has 0 saturated carbocycles. The number of aromatic amines is 1. The molecular formula is C20H22ClN3. The van der Waals surface area contributed by atoms with E-state index in [-0.39, 0.29) is 6.04 Å². The molecule has 2 aromatic carbocycles. The van der Waals surface area contributed by atoms with Crippen molar-refractivity contribution in [1.82, 2.24) is 10.3 Å². The summed E-state index contributed by atoms with van der Waals surface area (Å²) in [4.78, 5) is 3.29. The highest BCUT2D eigenvalue weighted by Crippen LogP contribution is 2.33. The van der Waals surface area contributed by atoms with Gasteiger partial charge < -0.3 is 15.6 Å². The molecule has 0 aliphatic carbocycles. The standard InChI is InChI=1S/C20H22ClN3/c1-13(16-3-2-15-7-11-23-19(15)12-16)24-20-17-8-10-22-9-6-14(17)4-5-18(20)21/h2-5,7,11-13,22-24H,6,8-10H2,1H3. The van der Waals surface area contributed by atoms with Crippen molar-refractivity contribution in [3.8, 4) is 0 Å². The molecule has 1 aliphatic heterocycles. The van der Waals surface area contributed by atoms with Crippen molar-refractivity contribution in [2.75, 3.05) is 18.4 Å². The first-order valence-electron chi connectivity index (χ1n) is 8.57. The molecule has 0 bridgehead atoms. The van der Waals surface area contributed by atoms with Gasteiger partial charge in [-0.1, -0.05) is 29.8 Å². The van der Waals surface area contributed by atoms with E-state index in [1.807, 2.05) is 12.3 Å². The zero-order valence-electron chi connectivity index (χ0n) is 13.8. The van der Waals surface area contributed by atoms with Gasteiger partial charge in [0.25, 0.3) is 0 Å². The number of anilines is 1. The van der Waals surface area contributed by atoms with E-state index in [1.54, 1.807) is 0 Å². The normalized spacial score (nSPS) is 15.8. The summed E-state index contributed by atoms with van der Waals surface area (Å²) in [5, 5.41) is 9.18. The second-order valence-corrected chi connectivity index (χ2v) is 6.91. The molecular weight excluding hydrogens is 318 g/mol. The first kappa shape index (κ1) is 15.6. The van der Waals surface area contributed by atoms with Crippen molar-refractivity contribution in [3.63, 3.8) is 0 Å². The minimum Gasteiger partial charge on any atom is -0.377 e. The van der Waals surface area contributed by atoms with Crippen molar-refractivity contribution < 1.29 is 0 Å². The molecule has 0 saturated heterocycles. The van der Waals surface area contributed by atoms with Crippen molar-refractivity contribution in [3.05, 3.63) is 64.3 Å². The lowest BCUT2D eigenvalue weighted by molar-refractivity contribution is 0.711. The molecule has 3 N–H and O–H groups in total. The highest BCUT2D eigenvalue weighted by atomic mass is 35.5. The van der Waals surface area contributed by atoms with Crippen molar-refractivity contribution in [2.45, 2.75) is 25.8 Å². The Bertz CT molecular complexity index is 868. The number of H-pyrrole nitrogens is 1. The maximum absolute atomic E-state index is 6.53. The van der Waals surface area contributed by atoms with Crippen LogP contribution in [0.15, 0.2) is 42.6 Å². The average Bonchev–Trinajstić information content (AvgIpc) is 2.93. The SMILES string of the molecule is CC(Nc1c(Cl)ccc2c1CCNCC2)c1ccc2cc[nH]c2c1. The van der Waals surface area contributed by atoms with Crippen LogP contribution in [0, 0.1) is 0 Å². The molecule has 3 aromatic rings. The minimum absolute atomic E-state index is 0.193. The van der Waals surface area contributed by atoms with Gasteiger partial charge in [0.05, 0.1) is 10.7 Å². The molecule has 4 rings (SSSR count). The molecule has 1 unspecified atom stereocenters. The first-order chi connectivity index (χ1) is 11.7. The largest absolute Gasteiger partial charge is 0.377 e. The van der Waals surface area contributed by atoms with Crippen LogP contribution in [0.1, 0.15) is 29.7 Å². The van der Waals surface area contributed by atoms with Gasteiger partial charge in [-0.05, 0) is 73.1 Å². The van der Waals surface area contributed by atoms with Gasteiger partial charge in [-0.2, -0.15) is 0 Å². The van der Waals surface area contributed by atoms with E-state index in [1.165, 1.54) is 27.6 Å². The topological polar surface area (TPSA) is 39.8 Å². The molecule has 1 atom stereocenters. The average molecular weight is 340 g/mol. The van der Waals surface area contributed by atoms with Gasteiger partial charge in [-0.25, -0.2) is 0 Å². The van der Waals surface area contributed by atoms with Gasteiger partial charge in [0.1, 0.15) is 0 Å². The number of halogens is 1. The Labute approximate surface area is 147 Å². The highest BCUT2D eigenvalue weighted by Gasteiger charge is 2.17. The van der Waals surface area contributed by atoms with Crippen LogP contribution in [0.25, 0.3) is 10.9 Å². The molecule has 1 aromatic heterocycles. The van der Waals surface area contributed by atoms with Gasteiger partial charge >= 0.3 is 0 Å². The van der Waals surface area contributed by atoms with E-state index in [9.17, 15) is 0 Å². The molecule has 0 spiro atoms. The predicted molar refractivity (Wildman–Crippen MR) is 102 cm³/mol. The van der Waals surface area contributed by atoms with E-state index in [2.05, 4.69) is 52.9 Å². The van der Waals surface area contributed by atoms with Gasteiger partial charge in [0.15, 0.2) is 0 Å². The summed E-state index contributed by atoms with van der Waals surface area (Å²) in [5.74, 6) is 0. The summed E-state index contributed by atoms with van der Waals surface area (Å²) >= 11 is 6.53. The maximum atomic E-state index is 6.53. The predicted octanol–water partition coefficient (Wildman–Crippen LogP) is 4.68. The van der Waals surface area contributed by atoms with Crippen LogP contribution < -0.4 is 10.6 Å². The van der Waals surface area contributed by atoms with Crippen LogP contribution in [-0.2, 0) is 12.8 Å². The molecule has 0 radical (unpaired) electrons. The van der Waals surface area contributed by atoms with E-state index in [4.69, 9.17) is 11.6 Å². The quantitative estimate of drug-likeness (QED) is 0.648.